The maximum absolute atomic E-state index is 5.97. The molecule has 0 aliphatic heterocycles. The minimum Gasteiger partial charge on any atom is -0.493 e. The smallest absolute Gasteiger partial charge is 0.191 e. The number of ether oxygens (including phenoxy) is 2. The second-order valence-corrected chi connectivity index (χ2v) is 7.13. The summed E-state index contributed by atoms with van der Waals surface area (Å²) in [4.78, 5) is 4.76. The van der Waals surface area contributed by atoms with Crippen molar-refractivity contribution in [3.05, 3.63) is 46.3 Å². The lowest BCUT2D eigenvalue weighted by atomic mass is 10.1. The fourth-order valence-corrected chi connectivity index (χ4v) is 3.06. The highest BCUT2D eigenvalue weighted by Crippen LogP contribution is 2.21. The van der Waals surface area contributed by atoms with E-state index in [-0.39, 0.29) is 24.0 Å². The number of rotatable bonds is 10. The lowest BCUT2D eigenvalue weighted by Crippen LogP contribution is -2.37. The molecule has 0 bridgehead atoms. The summed E-state index contributed by atoms with van der Waals surface area (Å²) in [6.45, 7) is 11.6. The average molecular weight is 529 g/mol. The predicted octanol–water partition coefficient (Wildman–Crippen LogP) is 3.63. The van der Waals surface area contributed by atoms with Gasteiger partial charge in [-0.3, -0.25) is 4.68 Å². The number of benzene rings is 1. The van der Waals surface area contributed by atoms with Crippen LogP contribution in [0.2, 0.25) is 0 Å². The van der Waals surface area contributed by atoms with Crippen LogP contribution in [-0.2, 0) is 24.9 Å². The molecule has 0 saturated heterocycles. The molecule has 0 radical (unpaired) electrons. The van der Waals surface area contributed by atoms with Crippen molar-refractivity contribution in [2.75, 3.05) is 26.9 Å². The Morgan fingerprint density at radius 3 is 2.57 bits per heavy atom. The first-order chi connectivity index (χ1) is 14.0. The lowest BCUT2D eigenvalue weighted by Gasteiger charge is -2.14. The zero-order valence-corrected chi connectivity index (χ0v) is 21.4. The van der Waals surface area contributed by atoms with Gasteiger partial charge in [-0.05, 0) is 39.3 Å². The van der Waals surface area contributed by atoms with Crippen molar-refractivity contribution < 1.29 is 9.47 Å². The molecule has 1 aromatic heterocycles. The van der Waals surface area contributed by atoms with E-state index in [2.05, 4.69) is 54.7 Å². The summed E-state index contributed by atoms with van der Waals surface area (Å²) in [5.74, 6) is 1.67. The number of aliphatic imine (C=N–C) groups is 1. The van der Waals surface area contributed by atoms with Gasteiger partial charge in [0.15, 0.2) is 5.96 Å². The molecule has 0 aliphatic rings. The van der Waals surface area contributed by atoms with E-state index < -0.39 is 0 Å². The number of methoxy groups -OCH3 is 1. The summed E-state index contributed by atoms with van der Waals surface area (Å²) >= 11 is 0. The molecular weight excluding hydrogens is 493 g/mol. The van der Waals surface area contributed by atoms with Crippen LogP contribution >= 0.6 is 24.0 Å². The third-order valence-corrected chi connectivity index (χ3v) is 4.82. The largest absolute Gasteiger partial charge is 0.493 e. The molecule has 0 aliphatic carbocycles. The number of aryl methyl sites for hydroxylation is 3. The van der Waals surface area contributed by atoms with Gasteiger partial charge in [-0.25, -0.2) is 4.99 Å². The maximum atomic E-state index is 5.97. The van der Waals surface area contributed by atoms with E-state index in [0.717, 1.165) is 41.6 Å². The van der Waals surface area contributed by atoms with Crippen molar-refractivity contribution in [1.82, 2.24) is 20.4 Å². The van der Waals surface area contributed by atoms with Crippen molar-refractivity contribution in [2.45, 2.75) is 47.2 Å². The second kappa shape index (κ2) is 13.5. The Bertz CT molecular complexity index is 820. The minimum absolute atomic E-state index is 0. The van der Waals surface area contributed by atoms with Crippen LogP contribution in [0.4, 0.5) is 0 Å². The third kappa shape index (κ3) is 7.79. The highest BCUT2D eigenvalue weighted by Gasteiger charge is 2.10. The normalized spacial score (nSPS) is 11.2. The SMILES string of the molecule is CCNC(=NCc1ccc(C)cc1OCCCOC)NCc1c(C)nn(C)c1C.I. The van der Waals surface area contributed by atoms with Crippen LogP contribution in [0.15, 0.2) is 23.2 Å². The molecule has 168 valence electrons. The molecule has 0 fully saturated rings. The molecule has 1 heterocycles. The van der Waals surface area contributed by atoms with Gasteiger partial charge in [0, 0.05) is 57.1 Å². The van der Waals surface area contributed by atoms with E-state index >= 15 is 0 Å². The average Bonchev–Trinajstić information content (AvgIpc) is 2.94. The van der Waals surface area contributed by atoms with E-state index in [9.17, 15) is 0 Å². The monoisotopic (exact) mass is 529 g/mol. The first kappa shape index (κ1) is 26.2. The molecule has 2 N–H and O–H groups in total. The zero-order chi connectivity index (χ0) is 21.2. The predicted molar refractivity (Wildman–Crippen MR) is 133 cm³/mol. The number of halogens is 1. The van der Waals surface area contributed by atoms with E-state index in [4.69, 9.17) is 14.5 Å². The van der Waals surface area contributed by atoms with Gasteiger partial charge in [0.25, 0.3) is 0 Å². The quantitative estimate of drug-likeness (QED) is 0.213. The van der Waals surface area contributed by atoms with E-state index in [1.165, 1.54) is 11.1 Å². The standard InChI is InChI=1S/C22H35N5O2.HI/c1-7-23-22(25-15-20-17(3)26-27(5)18(20)4)24-14-19-10-9-16(2)13-21(19)29-12-8-11-28-6;/h9-10,13H,7-8,11-12,14-15H2,1-6H3,(H2,23,24,25);1H. The molecular formula is C22H36IN5O2. The topological polar surface area (TPSA) is 72.7 Å². The van der Waals surface area contributed by atoms with E-state index in [1.54, 1.807) is 7.11 Å². The van der Waals surface area contributed by atoms with Crippen LogP contribution in [-0.4, -0.2) is 42.6 Å². The molecule has 8 heteroatoms. The van der Waals surface area contributed by atoms with Gasteiger partial charge in [-0.1, -0.05) is 12.1 Å². The number of guanidine groups is 1. The summed E-state index contributed by atoms with van der Waals surface area (Å²) < 4.78 is 13.0. The first-order valence-electron chi connectivity index (χ1n) is 10.2. The fraction of sp³-hybridized carbons (Fsp3) is 0.545. The second-order valence-electron chi connectivity index (χ2n) is 7.13. The Morgan fingerprint density at radius 2 is 1.93 bits per heavy atom. The van der Waals surface area contributed by atoms with Crippen molar-refractivity contribution in [2.24, 2.45) is 12.0 Å². The maximum Gasteiger partial charge on any atom is 0.191 e. The van der Waals surface area contributed by atoms with Crippen LogP contribution in [0.25, 0.3) is 0 Å². The van der Waals surface area contributed by atoms with Gasteiger partial charge in [0.2, 0.25) is 0 Å². The van der Waals surface area contributed by atoms with E-state index in [1.807, 2.05) is 18.7 Å². The molecule has 0 spiro atoms. The molecule has 30 heavy (non-hydrogen) atoms. The van der Waals surface area contributed by atoms with Gasteiger partial charge < -0.3 is 20.1 Å². The Hall–Kier alpha value is -1.81. The van der Waals surface area contributed by atoms with Crippen LogP contribution in [0, 0.1) is 20.8 Å². The number of hydrogen-bond donors (Lipinski definition) is 2. The molecule has 0 unspecified atom stereocenters. The number of aromatic nitrogens is 2. The Balaban J connectivity index is 0.00000450. The zero-order valence-electron chi connectivity index (χ0n) is 19.0. The molecule has 2 aromatic rings. The van der Waals surface area contributed by atoms with Gasteiger partial charge in [0.1, 0.15) is 5.75 Å². The highest BCUT2D eigenvalue weighted by atomic mass is 127. The summed E-state index contributed by atoms with van der Waals surface area (Å²) in [5, 5.41) is 11.2. The van der Waals surface area contributed by atoms with E-state index in [0.29, 0.717) is 26.3 Å². The summed E-state index contributed by atoms with van der Waals surface area (Å²) in [6.07, 6.45) is 0.862. The highest BCUT2D eigenvalue weighted by molar-refractivity contribution is 14.0. The van der Waals surface area contributed by atoms with Gasteiger partial charge >= 0.3 is 0 Å². The Labute approximate surface area is 197 Å². The van der Waals surface area contributed by atoms with Crippen molar-refractivity contribution in [3.63, 3.8) is 0 Å². The first-order valence-corrected chi connectivity index (χ1v) is 10.2. The van der Waals surface area contributed by atoms with Crippen LogP contribution in [0.3, 0.4) is 0 Å². The minimum atomic E-state index is 0. The van der Waals surface area contributed by atoms with Crippen molar-refractivity contribution >= 4 is 29.9 Å². The lowest BCUT2D eigenvalue weighted by molar-refractivity contribution is 0.172. The van der Waals surface area contributed by atoms with Crippen LogP contribution in [0.5, 0.6) is 5.75 Å². The van der Waals surface area contributed by atoms with Gasteiger partial charge in [0.05, 0.1) is 18.8 Å². The van der Waals surface area contributed by atoms with Crippen LogP contribution in [0.1, 0.15) is 41.4 Å². The van der Waals surface area contributed by atoms with Crippen molar-refractivity contribution in [3.8, 4) is 5.75 Å². The number of hydrogen-bond acceptors (Lipinski definition) is 4. The van der Waals surface area contributed by atoms with Crippen LogP contribution < -0.4 is 15.4 Å². The summed E-state index contributed by atoms with van der Waals surface area (Å²) in [5.41, 5.74) is 5.65. The number of nitrogens with zero attached hydrogens (tertiary/aromatic N) is 3. The van der Waals surface area contributed by atoms with Crippen molar-refractivity contribution in [1.29, 1.82) is 0 Å². The molecule has 2 rings (SSSR count). The Kier molecular flexibility index (Phi) is 11.8. The Morgan fingerprint density at radius 1 is 1.17 bits per heavy atom. The molecule has 7 nitrogen and oxygen atoms in total. The number of nitrogens with one attached hydrogen (secondary N) is 2. The van der Waals surface area contributed by atoms with Gasteiger partial charge in [-0.2, -0.15) is 5.10 Å². The third-order valence-electron chi connectivity index (χ3n) is 4.82. The fourth-order valence-electron chi connectivity index (χ4n) is 3.06. The summed E-state index contributed by atoms with van der Waals surface area (Å²) in [6, 6.07) is 6.25. The molecule has 0 saturated carbocycles. The molecule has 1 aromatic carbocycles. The molecule has 0 amide bonds. The van der Waals surface area contributed by atoms with Gasteiger partial charge in [-0.15, -0.1) is 24.0 Å². The molecule has 0 atom stereocenters. The summed E-state index contributed by atoms with van der Waals surface area (Å²) in [7, 11) is 3.67.